The zero-order chi connectivity index (χ0) is 15.0. The van der Waals surface area contributed by atoms with E-state index in [4.69, 9.17) is 5.73 Å². The second kappa shape index (κ2) is 5.17. The smallest absolute Gasteiger partial charge is 0.240 e. The van der Waals surface area contributed by atoms with Gasteiger partial charge in [-0.2, -0.15) is 0 Å². The van der Waals surface area contributed by atoms with Crippen molar-refractivity contribution in [3.05, 3.63) is 23.8 Å². The minimum Gasteiger partial charge on any atom is -0.398 e. The summed E-state index contributed by atoms with van der Waals surface area (Å²) in [4.78, 5) is 26.9. The van der Waals surface area contributed by atoms with Gasteiger partial charge in [0.15, 0.2) is 0 Å². The Morgan fingerprint density at radius 1 is 1.10 bits per heavy atom. The Balaban J connectivity index is 1.99. The first-order chi connectivity index (χ1) is 10.1. The second-order valence-electron chi connectivity index (χ2n) is 6.40. The standard InChI is InChI=1S/C17H22N2O2/c1-12-13(18)7-6-8-14(12)19-15(20)11-17(16(19)21)9-4-2-3-5-10-17/h6-8H,2-5,9-11,18H2,1H3. The van der Waals surface area contributed by atoms with Crippen LogP contribution in [0.25, 0.3) is 0 Å². The maximum absolute atomic E-state index is 13.0. The number of nitrogen functional groups attached to an aromatic ring is 1. The summed E-state index contributed by atoms with van der Waals surface area (Å²) in [5.74, 6) is -0.0845. The van der Waals surface area contributed by atoms with Crippen molar-refractivity contribution in [2.45, 2.75) is 51.9 Å². The van der Waals surface area contributed by atoms with Gasteiger partial charge >= 0.3 is 0 Å². The van der Waals surface area contributed by atoms with Crippen molar-refractivity contribution in [2.75, 3.05) is 10.6 Å². The Hall–Kier alpha value is -1.84. The molecule has 21 heavy (non-hydrogen) atoms. The first-order valence-electron chi connectivity index (χ1n) is 7.78. The molecule has 1 aliphatic heterocycles. The third-order valence-corrected chi connectivity index (χ3v) is 5.04. The molecule has 1 aromatic carbocycles. The average Bonchev–Trinajstić information content (AvgIpc) is 2.62. The van der Waals surface area contributed by atoms with E-state index in [2.05, 4.69) is 0 Å². The highest BCUT2D eigenvalue weighted by Crippen LogP contribution is 2.46. The van der Waals surface area contributed by atoms with Crippen LogP contribution in [0.4, 0.5) is 11.4 Å². The van der Waals surface area contributed by atoms with Crippen molar-refractivity contribution in [2.24, 2.45) is 5.41 Å². The number of rotatable bonds is 1. The van der Waals surface area contributed by atoms with Crippen molar-refractivity contribution in [3.63, 3.8) is 0 Å². The lowest BCUT2D eigenvalue weighted by Gasteiger charge is -2.25. The number of nitrogens with zero attached hydrogens (tertiary/aromatic N) is 1. The summed E-state index contributed by atoms with van der Waals surface area (Å²) in [6, 6.07) is 5.42. The summed E-state index contributed by atoms with van der Waals surface area (Å²) in [5, 5.41) is 0. The van der Waals surface area contributed by atoms with Crippen LogP contribution in [-0.2, 0) is 9.59 Å². The minimum absolute atomic E-state index is 0.0110. The zero-order valence-electron chi connectivity index (χ0n) is 12.5. The van der Waals surface area contributed by atoms with Gasteiger partial charge in [-0.15, -0.1) is 0 Å². The van der Waals surface area contributed by atoms with Crippen molar-refractivity contribution < 1.29 is 9.59 Å². The Bertz CT molecular complexity index is 586. The van der Waals surface area contributed by atoms with E-state index in [0.29, 0.717) is 17.8 Å². The molecule has 1 saturated heterocycles. The molecule has 2 fully saturated rings. The highest BCUT2D eigenvalue weighted by molar-refractivity contribution is 6.23. The zero-order valence-corrected chi connectivity index (χ0v) is 12.5. The lowest BCUT2D eigenvalue weighted by atomic mass is 9.79. The molecule has 4 heteroatoms. The first kappa shape index (κ1) is 14.1. The number of imide groups is 1. The van der Waals surface area contributed by atoms with E-state index in [1.54, 1.807) is 12.1 Å². The largest absolute Gasteiger partial charge is 0.398 e. The number of nitrogens with two attached hydrogens (primary N) is 1. The normalized spacial score (nSPS) is 21.9. The minimum atomic E-state index is -0.454. The number of hydrogen-bond donors (Lipinski definition) is 1. The molecular weight excluding hydrogens is 264 g/mol. The maximum atomic E-state index is 13.0. The molecule has 2 N–H and O–H groups in total. The Labute approximate surface area is 125 Å². The number of benzene rings is 1. The van der Waals surface area contributed by atoms with Gasteiger partial charge in [-0.3, -0.25) is 9.59 Å². The number of carbonyl (C=O) groups excluding carboxylic acids is 2. The summed E-state index contributed by atoms with van der Waals surface area (Å²) in [5.41, 5.74) is 7.56. The van der Waals surface area contributed by atoms with Crippen molar-refractivity contribution >= 4 is 23.2 Å². The molecule has 1 saturated carbocycles. The van der Waals surface area contributed by atoms with Crippen LogP contribution in [-0.4, -0.2) is 11.8 Å². The molecule has 112 valence electrons. The van der Waals surface area contributed by atoms with Crippen LogP contribution in [0.1, 0.15) is 50.5 Å². The second-order valence-corrected chi connectivity index (χ2v) is 6.40. The van der Waals surface area contributed by atoms with Crippen molar-refractivity contribution in [1.82, 2.24) is 0 Å². The summed E-state index contributed by atoms with van der Waals surface area (Å²) >= 11 is 0. The number of hydrogen-bond acceptors (Lipinski definition) is 3. The third-order valence-electron chi connectivity index (χ3n) is 5.04. The molecule has 1 spiro atoms. The van der Waals surface area contributed by atoms with Crippen LogP contribution < -0.4 is 10.6 Å². The molecule has 2 amide bonds. The Morgan fingerprint density at radius 2 is 1.76 bits per heavy atom. The SMILES string of the molecule is Cc1c(N)cccc1N1C(=O)CC2(CCCCCC2)C1=O. The topological polar surface area (TPSA) is 63.4 Å². The Morgan fingerprint density at radius 3 is 2.43 bits per heavy atom. The highest BCUT2D eigenvalue weighted by Gasteiger charge is 2.51. The molecule has 1 aromatic rings. The third kappa shape index (κ3) is 2.23. The summed E-state index contributed by atoms with van der Waals surface area (Å²) in [6.07, 6.45) is 6.47. The fraction of sp³-hybridized carbons (Fsp3) is 0.529. The molecule has 0 radical (unpaired) electrons. The molecule has 0 aromatic heterocycles. The predicted molar refractivity (Wildman–Crippen MR) is 82.8 cm³/mol. The molecule has 0 atom stereocenters. The van der Waals surface area contributed by atoms with Crippen LogP contribution >= 0.6 is 0 Å². The van der Waals surface area contributed by atoms with E-state index in [1.165, 1.54) is 17.7 Å². The van der Waals surface area contributed by atoms with Crippen LogP contribution in [0.2, 0.25) is 0 Å². The lowest BCUT2D eigenvalue weighted by Crippen LogP contribution is -2.36. The van der Waals surface area contributed by atoms with Gasteiger partial charge in [-0.1, -0.05) is 31.7 Å². The number of anilines is 2. The van der Waals surface area contributed by atoms with Gasteiger partial charge in [0.1, 0.15) is 0 Å². The van der Waals surface area contributed by atoms with Gasteiger partial charge in [0.05, 0.1) is 11.1 Å². The van der Waals surface area contributed by atoms with E-state index in [-0.39, 0.29) is 11.8 Å². The predicted octanol–water partition coefficient (Wildman–Crippen LogP) is 3.18. The van der Waals surface area contributed by atoms with E-state index in [0.717, 1.165) is 31.2 Å². The van der Waals surface area contributed by atoms with Crippen molar-refractivity contribution in [1.29, 1.82) is 0 Å². The molecule has 3 rings (SSSR count). The van der Waals surface area contributed by atoms with Crippen LogP contribution in [0.5, 0.6) is 0 Å². The average molecular weight is 286 g/mol. The quantitative estimate of drug-likeness (QED) is 0.637. The van der Waals surface area contributed by atoms with Gasteiger partial charge in [-0.05, 0) is 37.5 Å². The van der Waals surface area contributed by atoms with E-state index >= 15 is 0 Å². The fourth-order valence-corrected chi connectivity index (χ4v) is 3.72. The van der Waals surface area contributed by atoms with Gasteiger partial charge in [0.25, 0.3) is 0 Å². The molecule has 1 heterocycles. The molecular formula is C17H22N2O2. The van der Waals surface area contributed by atoms with E-state index < -0.39 is 5.41 Å². The maximum Gasteiger partial charge on any atom is 0.240 e. The molecule has 2 aliphatic rings. The number of amides is 2. The summed E-state index contributed by atoms with van der Waals surface area (Å²) in [7, 11) is 0. The highest BCUT2D eigenvalue weighted by atomic mass is 16.2. The van der Waals surface area contributed by atoms with Gasteiger partial charge in [0.2, 0.25) is 11.8 Å². The molecule has 0 bridgehead atoms. The fourth-order valence-electron chi connectivity index (χ4n) is 3.72. The Kier molecular flexibility index (Phi) is 3.47. The van der Waals surface area contributed by atoms with Gasteiger partial charge in [0, 0.05) is 12.1 Å². The van der Waals surface area contributed by atoms with Crippen LogP contribution in [0.15, 0.2) is 18.2 Å². The van der Waals surface area contributed by atoms with Crippen LogP contribution in [0, 0.1) is 12.3 Å². The van der Waals surface area contributed by atoms with Crippen LogP contribution in [0.3, 0.4) is 0 Å². The number of carbonyl (C=O) groups is 2. The summed E-state index contributed by atoms with van der Waals surface area (Å²) in [6.45, 7) is 1.86. The molecule has 4 nitrogen and oxygen atoms in total. The van der Waals surface area contributed by atoms with Crippen molar-refractivity contribution in [3.8, 4) is 0 Å². The van der Waals surface area contributed by atoms with Gasteiger partial charge in [-0.25, -0.2) is 4.90 Å². The monoisotopic (exact) mass is 286 g/mol. The van der Waals surface area contributed by atoms with E-state index in [9.17, 15) is 9.59 Å². The van der Waals surface area contributed by atoms with E-state index in [1.807, 2.05) is 13.0 Å². The molecule has 0 unspecified atom stereocenters. The lowest BCUT2D eigenvalue weighted by molar-refractivity contribution is -0.126. The first-order valence-corrected chi connectivity index (χ1v) is 7.78. The molecule has 1 aliphatic carbocycles. The summed E-state index contributed by atoms with van der Waals surface area (Å²) < 4.78 is 0. The van der Waals surface area contributed by atoms with Gasteiger partial charge < -0.3 is 5.73 Å².